The van der Waals surface area contributed by atoms with Crippen LogP contribution in [0.3, 0.4) is 0 Å². The van der Waals surface area contributed by atoms with Crippen LogP contribution < -0.4 is 5.32 Å². The van der Waals surface area contributed by atoms with Gasteiger partial charge in [-0.15, -0.1) is 0 Å². The first-order chi connectivity index (χ1) is 8.65. The maximum atomic E-state index is 11.9. The van der Waals surface area contributed by atoms with Crippen LogP contribution in [0.15, 0.2) is 30.3 Å². The van der Waals surface area contributed by atoms with Crippen LogP contribution in [0.5, 0.6) is 11.5 Å². The Balaban J connectivity index is 2.60. The summed E-state index contributed by atoms with van der Waals surface area (Å²) in [6, 6.07) is 8.32. The number of phenolic OH excluding ortho intramolecular Hbond substituents is 2. The van der Waals surface area contributed by atoms with Crippen LogP contribution in [-0.2, 0) is 0 Å². The third kappa shape index (κ3) is 2.08. The van der Waals surface area contributed by atoms with Gasteiger partial charge < -0.3 is 20.6 Å². The van der Waals surface area contributed by atoms with Gasteiger partial charge >= 0.3 is 0 Å². The largest absolute Gasteiger partial charge is 0.504 e. The van der Waals surface area contributed by atoms with Crippen molar-refractivity contribution in [2.45, 2.75) is 0 Å². The van der Waals surface area contributed by atoms with Crippen LogP contribution in [0.2, 0.25) is 0 Å². The standard InChI is InChI=1S/C13H13NO4/c15-6-5-14-13(18)11-9-4-2-1-3-8(9)7-10(16)12(11)17/h1-4,7,15-17H,5-6H2,(H,14,18). The molecule has 0 aliphatic carbocycles. The summed E-state index contributed by atoms with van der Waals surface area (Å²) in [5.74, 6) is -1.33. The number of aromatic hydroxyl groups is 2. The molecule has 5 nitrogen and oxygen atoms in total. The zero-order valence-corrected chi connectivity index (χ0v) is 9.55. The van der Waals surface area contributed by atoms with E-state index in [1.54, 1.807) is 24.3 Å². The molecule has 0 atom stereocenters. The molecule has 2 aromatic rings. The van der Waals surface area contributed by atoms with E-state index in [-0.39, 0.29) is 24.5 Å². The predicted octanol–water partition coefficient (Wildman–Crippen LogP) is 0.973. The van der Waals surface area contributed by atoms with Crippen molar-refractivity contribution in [3.05, 3.63) is 35.9 Å². The van der Waals surface area contributed by atoms with Gasteiger partial charge in [-0.2, -0.15) is 0 Å². The highest BCUT2D eigenvalue weighted by atomic mass is 16.3. The Morgan fingerprint density at radius 3 is 2.67 bits per heavy atom. The molecule has 0 fully saturated rings. The minimum atomic E-state index is -0.534. The number of phenols is 2. The molecular weight excluding hydrogens is 234 g/mol. The molecule has 0 aromatic heterocycles. The number of fused-ring (bicyclic) bond motifs is 1. The smallest absolute Gasteiger partial charge is 0.255 e. The predicted molar refractivity (Wildman–Crippen MR) is 66.7 cm³/mol. The summed E-state index contributed by atoms with van der Waals surface area (Å²) in [5, 5.41) is 31.7. The fourth-order valence-corrected chi connectivity index (χ4v) is 1.81. The van der Waals surface area contributed by atoms with Crippen molar-refractivity contribution in [3.63, 3.8) is 0 Å². The van der Waals surface area contributed by atoms with Crippen LogP contribution >= 0.6 is 0 Å². The second kappa shape index (κ2) is 4.93. The number of aliphatic hydroxyl groups excluding tert-OH is 1. The van der Waals surface area contributed by atoms with Gasteiger partial charge in [-0.05, 0) is 16.8 Å². The van der Waals surface area contributed by atoms with Gasteiger partial charge in [0.25, 0.3) is 5.91 Å². The molecule has 0 aliphatic heterocycles. The third-order valence-electron chi connectivity index (χ3n) is 2.63. The number of rotatable bonds is 3. The van der Waals surface area contributed by atoms with Gasteiger partial charge in [0, 0.05) is 6.54 Å². The number of hydrogen-bond acceptors (Lipinski definition) is 4. The topological polar surface area (TPSA) is 89.8 Å². The summed E-state index contributed by atoms with van der Waals surface area (Å²) in [7, 11) is 0. The number of nitrogens with one attached hydrogen (secondary N) is 1. The summed E-state index contributed by atoms with van der Waals surface area (Å²) in [5.41, 5.74) is 0.0130. The first-order valence-electron chi connectivity index (χ1n) is 5.48. The Labute approximate surface area is 103 Å². The maximum absolute atomic E-state index is 11.9. The molecule has 0 spiro atoms. The number of amides is 1. The molecule has 0 heterocycles. The quantitative estimate of drug-likeness (QED) is 0.608. The van der Waals surface area contributed by atoms with E-state index in [9.17, 15) is 15.0 Å². The Kier molecular flexibility index (Phi) is 3.34. The highest BCUT2D eigenvalue weighted by molar-refractivity contribution is 6.10. The van der Waals surface area contributed by atoms with Crippen LogP contribution in [0.1, 0.15) is 10.4 Å². The molecule has 0 unspecified atom stereocenters. The molecule has 0 bridgehead atoms. The number of hydrogen-bond donors (Lipinski definition) is 4. The normalized spacial score (nSPS) is 10.5. The molecule has 0 saturated carbocycles. The van der Waals surface area contributed by atoms with Gasteiger partial charge in [0.2, 0.25) is 0 Å². The van der Waals surface area contributed by atoms with E-state index in [4.69, 9.17) is 5.11 Å². The lowest BCUT2D eigenvalue weighted by Crippen LogP contribution is -2.26. The summed E-state index contributed by atoms with van der Waals surface area (Å²) < 4.78 is 0. The minimum absolute atomic E-state index is 0.0130. The van der Waals surface area contributed by atoms with Crippen molar-refractivity contribution in [1.82, 2.24) is 5.32 Å². The molecule has 0 saturated heterocycles. The summed E-state index contributed by atoms with van der Waals surface area (Å²) in [6.07, 6.45) is 0. The van der Waals surface area contributed by atoms with E-state index >= 15 is 0 Å². The number of benzene rings is 2. The third-order valence-corrected chi connectivity index (χ3v) is 2.63. The molecule has 94 valence electrons. The fraction of sp³-hybridized carbons (Fsp3) is 0.154. The molecule has 1 amide bonds. The molecule has 2 rings (SSSR count). The van der Waals surface area contributed by atoms with Crippen molar-refractivity contribution < 1.29 is 20.1 Å². The maximum Gasteiger partial charge on any atom is 0.255 e. The lowest BCUT2D eigenvalue weighted by Gasteiger charge is -2.10. The van der Waals surface area contributed by atoms with Gasteiger partial charge in [0.1, 0.15) is 0 Å². The van der Waals surface area contributed by atoms with Crippen molar-refractivity contribution in [1.29, 1.82) is 0 Å². The molecule has 0 radical (unpaired) electrons. The number of carbonyl (C=O) groups is 1. The van der Waals surface area contributed by atoms with Crippen molar-refractivity contribution in [3.8, 4) is 11.5 Å². The average molecular weight is 247 g/mol. The second-order valence-electron chi connectivity index (χ2n) is 3.82. The van der Waals surface area contributed by atoms with E-state index in [0.717, 1.165) is 0 Å². The second-order valence-corrected chi connectivity index (χ2v) is 3.82. The van der Waals surface area contributed by atoms with Gasteiger partial charge in [-0.3, -0.25) is 4.79 Å². The molecule has 5 heteroatoms. The molecule has 4 N–H and O–H groups in total. The average Bonchev–Trinajstić information content (AvgIpc) is 2.37. The van der Waals surface area contributed by atoms with Crippen LogP contribution in [0.4, 0.5) is 0 Å². The van der Waals surface area contributed by atoms with E-state index in [1.807, 2.05) is 0 Å². The van der Waals surface area contributed by atoms with E-state index in [2.05, 4.69) is 5.32 Å². The first-order valence-corrected chi connectivity index (χ1v) is 5.48. The lowest BCUT2D eigenvalue weighted by molar-refractivity contribution is 0.0943. The van der Waals surface area contributed by atoms with Crippen molar-refractivity contribution in [2.75, 3.05) is 13.2 Å². The molecule has 0 aliphatic rings. The van der Waals surface area contributed by atoms with Crippen LogP contribution in [0.25, 0.3) is 10.8 Å². The fourth-order valence-electron chi connectivity index (χ4n) is 1.81. The Morgan fingerprint density at radius 2 is 1.94 bits per heavy atom. The summed E-state index contributed by atoms with van der Waals surface area (Å²) in [4.78, 5) is 11.9. The van der Waals surface area contributed by atoms with E-state index in [0.29, 0.717) is 10.8 Å². The van der Waals surface area contributed by atoms with Crippen LogP contribution in [0, 0.1) is 0 Å². The highest BCUT2D eigenvalue weighted by Gasteiger charge is 2.18. The zero-order chi connectivity index (χ0) is 13.1. The van der Waals surface area contributed by atoms with E-state index in [1.165, 1.54) is 6.07 Å². The summed E-state index contributed by atoms with van der Waals surface area (Å²) >= 11 is 0. The minimum Gasteiger partial charge on any atom is -0.504 e. The van der Waals surface area contributed by atoms with Gasteiger partial charge in [-0.1, -0.05) is 24.3 Å². The van der Waals surface area contributed by atoms with Crippen molar-refractivity contribution in [2.24, 2.45) is 0 Å². The van der Waals surface area contributed by atoms with Gasteiger partial charge in [0.05, 0.1) is 12.2 Å². The molecular formula is C13H13NO4. The van der Waals surface area contributed by atoms with Crippen molar-refractivity contribution >= 4 is 16.7 Å². The Hall–Kier alpha value is -2.27. The lowest BCUT2D eigenvalue weighted by atomic mass is 10.0. The Morgan fingerprint density at radius 1 is 1.22 bits per heavy atom. The van der Waals surface area contributed by atoms with Gasteiger partial charge in [0.15, 0.2) is 11.5 Å². The SMILES string of the molecule is O=C(NCCO)c1c(O)c(O)cc2ccccc12. The van der Waals surface area contributed by atoms with E-state index < -0.39 is 11.7 Å². The van der Waals surface area contributed by atoms with Gasteiger partial charge in [-0.25, -0.2) is 0 Å². The molecule has 18 heavy (non-hydrogen) atoms. The Bertz CT molecular complexity index is 595. The first kappa shape index (κ1) is 12.2. The number of carbonyl (C=O) groups excluding carboxylic acids is 1. The monoisotopic (exact) mass is 247 g/mol. The highest BCUT2D eigenvalue weighted by Crippen LogP contribution is 2.35. The number of aliphatic hydroxyl groups is 1. The summed E-state index contributed by atoms with van der Waals surface area (Å²) in [6.45, 7) is -0.106. The molecule has 2 aromatic carbocycles. The van der Waals surface area contributed by atoms with Crippen LogP contribution in [-0.4, -0.2) is 34.4 Å². The zero-order valence-electron chi connectivity index (χ0n) is 9.55.